The molecule has 43 valence electrons. The first-order valence-corrected chi connectivity index (χ1v) is 2.12. The SMILES string of the molecule is [CH2-]CC.[CH2-]CN.[Y]. The van der Waals surface area contributed by atoms with Crippen LogP contribution < -0.4 is 5.73 Å². The van der Waals surface area contributed by atoms with Crippen LogP contribution in [-0.2, 0) is 32.7 Å². The average molecular weight is 176 g/mol. The van der Waals surface area contributed by atoms with Gasteiger partial charge < -0.3 is 19.6 Å². The molecule has 7 heavy (non-hydrogen) atoms. The van der Waals surface area contributed by atoms with E-state index in [-0.39, 0.29) is 32.7 Å². The summed E-state index contributed by atoms with van der Waals surface area (Å²) in [6.07, 6.45) is 1.00. The van der Waals surface area contributed by atoms with Crippen LogP contribution in [0.3, 0.4) is 0 Å². The third kappa shape index (κ3) is 160. The molecule has 0 aliphatic heterocycles. The van der Waals surface area contributed by atoms with Crippen molar-refractivity contribution in [3.05, 3.63) is 13.8 Å². The Morgan fingerprint density at radius 3 is 1.43 bits per heavy atom. The van der Waals surface area contributed by atoms with Crippen LogP contribution >= 0.6 is 0 Å². The van der Waals surface area contributed by atoms with E-state index in [4.69, 9.17) is 5.73 Å². The Balaban J connectivity index is -0.0000000400. The van der Waals surface area contributed by atoms with Gasteiger partial charge in [0.15, 0.2) is 0 Å². The standard InChI is InChI=1S/C3H7.C2H6N.Y/c1-3-2;1-2-3;/h1,3H2,2H3;1-3H2;/q2*-1;. The summed E-state index contributed by atoms with van der Waals surface area (Å²) in [6.45, 7) is 9.26. The Labute approximate surface area is 71.9 Å². The van der Waals surface area contributed by atoms with Gasteiger partial charge in [-0.2, -0.15) is 6.42 Å². The molecule has 1 nitrogen and oxygen atoms in total. The first-order valence-electron chi connectivity index (χ1n) is 2.12. The van der Waals surface area contributed by atoms with E-state index in [1.54, 1.807) is 0 Å². The molecule has 0 rings (SSSR count). The molecular weight excluding hydrogens is 163 g/mol. The Hall–Kier alpha value is 1.06. The van der Waals surface area contributed by atoms with Gasteiger partial charge in [-0.1, -0.05) is 6.92 Å². The Bertz CT molecular complexity index is 10.0. The molecule has 0 aliphatic carbocycles. The smallest absolute Gasteiger partial charge is 0 e. The van der Waals surface area contributed by atoms with Crippen LogP contribution in [0.5, 0.6) is 0 Å². The number of hydrogen-bond donors (Lipinski definition) is 1. The molecule has 0 bridgehead atoms. The molecular formula is C5H13NY-2. The zero-order valence-electron chi connectivity index (χ0n) is 4.98. The molecule has 0 unspecified atom stereocenters. The van der Waals surface area contributed by atoms with E-state index in [9.17, 15) is 0 Å². The summed E-state index contributed by atoms with van der Waals surface area (Å²) in [5.41, 5.74) is 4.74. The quantitative estimate of drug-likeness (QED) is 0.547. The Kier molecular flexibility index (Phi) is 62.0. The molecule has 0 amide bonds. The minimum absolute atomic E-state index is 0. The van der Waals surface area contributed by atoms with E-state index in [0.29, 0.717) is 6.54 Å². The van der Waals surface area contributed by atoms with Gasteiger partial charge in [-0.25, -0.2) is 0 Å². The normalized spacial score (nSPS) is 5.14. The van der Waals surface area contributed by atoms with E-state index in [2.05, 4.69) is 13.8 Å². The number of rotatable bonds is 0. The molecule has 0 saturated carbocycles. The maximum absolute atomic E-state index is 4.74. The first kappa shape index (κ1) is 15.7. The second kappa shape index (κ2) is 27.7. The van der Waals surface area contributed by atoms with E-state index in [1.807, 2.05) is 6.92 Å². The summed E-state index contributed by atoms with van der Waals surface area (Å²) in [7, 11) is 0. The largest absolute Gasteiger partial charge is 0.360 e. The van der Waals surface area contributed by atoms with Gasteiger partial charge in [-0.15, -0.1) is 6.54 Å². The summed E-state index contributed by atoms with van der Waals surface area (Å²) in [6, 6.07) is 0. The van der Waals surface area contributed by atoms with Gasteiger partial charge in [-0.3, -0.25) is 0 Å². The molecule has 1 radical (unpaired) electrons. The van der Waals surface area contributed by atoms with Crippen LogP contribution in [-0.4, -0.2) is 6.54 Å². The molecule has 0 aromatic carbocycles. The minimum atomic E-state index is 0. The topological polar surface area (TPSA) is 26.0 Å². The van der Waals surface area contributed by atoms with Crippen molar-refractivity contribution in [1.82, 2.24) is 0 Å². The van der Waals surface area contributed by atoms with E-state index < -0.39 is 0 Å². The number of nitrogens with two attached hydrogens (primary N) is 1. The Morgan fingerprint density at radius 1 is 1.43 bits per heavy atom. The minimum Gasteiger partial charge on any atom is -0.360 e. The van der Waals surface area contributed by atoms with E-state index in [0.717, 1.165) is 6.42 Å². The summed E-state index contributed by atoms with van der Waals surface area (Å²) >= 11 is 0. The van der Waals surface area contributed by atoms with Crippen molar-refractivity contribution in [1.29, 1.82) is 0 Å². The van der Waals surface area contributed by atoms with E-state index in [1.165, 1.54) is 0 Å². The van der Waals surface area contributed by atoms with Crippen LogP contribution in [0, 0.1) is 13.8 Å². The van der Waals surface area contributed by atoms with Crippen molar-refractivity contribution in [3.8, 4) is 0 Å². The molecule has 0 saturated heterocycles. The zero-order chi connectivity index (χ0) is 5.41. The molecule has 0 aliphatic rings. The second-order valence-electron chi connectivity index (χ2n) is 0.789. The third-order valence-corrected chi connectivity index (χ3v) is 0. The van der Waals surface area contributed by atoms with Gasteiger partial charge in [0.1, 0.15) is 0 Å². The molecule has 2 heteroatoms. The molecule has 0 spiro atoms. The van der Waals surface area contributed by atoms with Crippen LogP contribution in [0.15, 0.2) is 0 Å². The van der Waals surface area contributed by atoms with E-state index >= 15 is 0 Å². The molecule has 0 aromatic heterocycles. The van der Waals surface area contributed by atoms with Crippen molar-refractivity contribution in [2.45, 2.75) is 13.3 Å². The van der Waals surface area contributed by atoms with Crippen molar-refractivity contribution >= 4 is 0 Å². The van der Waals surface area contributed by atoms with Crippen LogP contribution in [0.25, 0.3) is 0 Å². The van der Waals surface area contributed by atoms with Crippen molar-refractivity contribution in [2.75, 3.05) is 6.54 Å². The fraction of sp³-hybridized carbons (Fsp3) is 0.600. The van der Waals surface area contributed by atoms with Crippen molar-refractivity contribution < 1.29 is 32.7 Å². The molecule has 0 fully saturated rings. The predicted molar refractivity (Wildman–Crippen MR) is 30.1 cm³/mol. The predicted octanol–water partition coefficient (Wildman–Crippen LogP) is 1.01. The van der Waals surface area contributed by atoms with Gasteiger partial charge in [0.2, 0.25) is 0 Å². The van der Waals surface area contributed by atoms with Crippen LogP contribution in [0.1, 0.15) is 13.3 Å². The van der Waals surface area contributed by atoms with Crippen LogP contribution in [0.2, 0.25) is 0 Å². The summed E-state index contributed by atoms with van der Waals surface area (Å²) in [5.74, 6) is 0. The third-order valence-electron chi connectivity index (χ3n) is 0. The van der Waals surface area contributed by atoms with Gasteiger partial charge in [-0.05, 0) is 0 Å². The summed E-state index contributed by atoms with van der Waals surface area (Å²) < 4.78 is 0. The maximum atomic E-state index is 4.74. The summed E-state index contributed by atoms with van der Waals surface area (Å²) in [4.78, 5) is 0. The van der Waals surface area contributed by atoms with Crippen molar-refractivity contribution in [2.24, 2.45) is 5.73 Å². The fourth-order valence-corrected chi connectivity index (χ4v) is 0. The van der Waals surface area contributed by atoms with Gasteiger partial charge in [0.05, 0.1) is 0 Å². The van der Waals surface area contributed by atoms with Crippen molar-refractivity contribution in [3.63, 3.8) is 0 Å². The number of hydrogen-bond acceptors (Lipinski definition) is 1. The van der Waals surface area contributed by atoms with Gasteiger partial charge >= 0.3 is 0 Å². The monoisotopic (exact) mass is 176 g/mol. The molecule has 2 N–H and O–H groups in total. The average Bonchev–Trinajstić information content (AvgIpc) is 1.39. The molecule has 0 heterocycles. The first-order chi connectivity index (χ1) is 2.83. The second-order valence-corrected chi connectivity index (χ2v) is 0.789. The molecule has 0 aromatic rings. The molecule has 0 atom stereocenters. The van der Waals surface area contributed by atoms with Gasteiger partial charge in [0.25, 0.3) is 0 Å². The summed E-state index contributed by atoms with van der Waals surface area (Å²) in [5, 5.41) is 0. The Morgan fingerprint density at radius 2 is 1.43 bits per heavy atom. The fourth-order valence-electron chi connectivity index (χ4n) is 0. The maximum Gasteiger partial charge on any atom is 0 e. The zero-order valence-corrected chi connectivity index (χ0v) is 7.82. The van der Waals surface area contributed by atoms with Gasteiger partial charge in [0, 0.05) is 32.7 Å². The van der Waals surface area contributed by atoms with Crippen LogP contribution in [0.4, 0.5) is 0 Å².